The Balaban J connectivity index is 2.47. The SMILES string of the molecule is Cc1cc(Cl)c2cc(C(=O)OC(C)C)ccc2n1. The summed E-state index contributed by atoms with van der Waals surface area (Å²) >= 11 is 6.15. The third-order valence-corrected chi connectivity index (χ3v) is 2.78. The van der Waals surface area contributed by atoms with Gasteiger partial charge >= 0.3 is 5.97 Å². The van der Waals surface area contributed by atoms with Crippen LogP contribution in [0.5, 0.6) is 0 Å². The number of carbonyl (C=O) groups excluding carboxylic acids is 1. The fourth-order valence-corrected chi connectivity index (χ4v) is 2.03. The van der Waals surface area contributed by atoms with Gasteiger partial charge in [-0.25, -0.2) is 4.79 Å². The number of benzene rings is 1. The van der Waals surface area contributed by atoms with Crippen LogP contribution in [-0.2, 0) is 4.74 Å². The summed E-state index contributed by atoms with van der Waals surface area (Å²) in [5.74, 6) is -0.344. The van der Waals surface area contributed by atoms with E-state index in [1.807, 2.05) is 20.8 Å². The highest BCUT2D eigenvalue weighted by atomic mass is 35.5. The molecule has 1 aromatic carbocycles. The quantitative estimate of drug-likeness (QED) is 0.775. The van der Waals surface area contributed by atoms with E-state index in [0.717, 1.165) is 16.6 Å². The number of aryl methyl sites for hydroxylation is 1. The van der Waals surface area contributed by atoms with Gasteiger partial charge < -0.3 is 4.74 Å². The summed E-state index contributed by atoms with van der Waals surface area (Å²) in [5, 5.41) is 1.36. The summed E-state index contributed by atoms with van der Waals surface area (Å²) in [6.45, 7) is 5.51. The van der Waals surface area contributed by atoms with E-state index in [4.69, 9.17) is 16.3 Å². The maximum atomic E-state index is 11.8. The number of pyridine rings is 1. The number of rotatable bonds is 2. The summed E-state index contributed by atoms with van der Waals surface area (Å²) in [5.41, 5.74) is 2.12. The molecule has 0 amide bonds. The molecule has 94 valence electrons. The summed E-state index contributed by atoms with van der Waals surface area (Å²) in [6, 6.07) is 6.98. The molecule has 0 saturated carbocycles. The highest BCUT2D eigenvalue weighted by Gasteiger charge is 2.11. The second-order valence-electron chi connectivity index (χ2n) is 4.43. The van der Waals surface area contributed by atoms with Crippen LogP contribution in [0.25, 0.3) is 10.9 Å². The molecule has 0 fully saturated rings. The first kappa shape index (κ1) is 12.8. The topological polar surface area (TPSA) is 39.2 Å². The van der Waals surface area contributed by atoms with Crippen LogP contribution < -0.4 is 0 Å². The van der Waals surface area contributed by atoms with Gasteiger partial charge in [0.05, 0.1) is 22.2 Å². The van der Waals surface area contributed by atoms with E-state index in [0.29, 0.717) is 10.6 Å². The minimum Gasteiger partial charge on any atom is -0.459 e. The predicted molar refractivity (Wildman–Crippen MR) is 72.0 cm³/mol. The van der Waals surface area contributed by atoms with Crippen molar-refractivity contribution in [2.24, 2.45) is 0 Å². The first-order valence-corrected chi connectivity index (χ1v) is 6.13. The van der Waals surface area contributed by atoms with E-state index in [2.05, 4.69) is 4.98 Å². The first-order valence-electron chi connectivity index (χ1n) is 5.75. The van der Waals surface area contributed by atoms with Crippen molar-refractivity contribution in [2.45, 2.75) is 26.9 Å². The second-order valence-corrected chi connectivity index (χ2v) is 4.84. The van der Waals surface area contributed by atoms with Gasteiger partial charge in [-0.15, -0.1) is 0 Å². The van der Waals surface area contributed by atoms with E-state index < -0.39 is 0 Å². The van der Waals surface area contributed by atoms with Crippen LogP contribution in [0.4, 0.5) is 0 Å². The largest absolute Gasteiger partial charge is 0.459 e. The fraction of sp³-hybridized carbons (Fsp3) is 0.286. The number of carbonyl (C=O) groups is 1. The summed E-state index contributed by atoms with van der Waals surface area (Å²) in [7, 11) is 0. The van der Waals surface area contributed by atoms with Gasteiger partial charge in [-0.05, 0) is 45.0 Å². The Morgan fingerprint density at radius 3 is 2.72 bits per heavy atom. The number of hydrogen-bond acceptors (Lipinski definition) is 3. The minimum atomic E-state index is -0.344. The third kappa shape index (κ3) is 2.62. The van der Waals surface area contributed by atoms with Crippen molar-refractivity contribution in [3.63, 3.8) is 0 Å². The molecule has 0 aliphatic heterocycles. The molecule has 4 heteroatoms. The molecule has 2 aromatic rings. The van der Waals surface area contributed by atoms with E-state index in [-0.39, 0.29) is 12.1 Å². The molecular weight excluding hydrogens is 250 g/mol. The standard InChI is InChI=1S/C14H14ClNO2/c1-8(2)18-14(17)10-4-5-13-11(7-10)12(15)6-9(3)16-13/h4-8H,1-3H3. The Labute approximate surface area is 111 Å². The molecule has 3 nitrogen and oxygen atoms in total. The lowest BCUT2D eigenvalue weighted by molar-refractivity contribution is 0.0378. The van der Waals surface area contributed by atoms with Crippen molar-refractivity contribution < 1.29 is 9.53 Å². The van der Waals surface area contributed by atoms with Gasteiger partial charge in [0.25, 0.3) is 0 Å². The van der Waals surface area contributed by atoms with E-state index >= 15 is 0 Å². The lowest BCUT2D eigenvalue weighted by Gasteiger charge is -2.09. The molecule has 0 unspecified atom stereocenters. The summed E-state index contributed by atoms with van der Waals surface area (Å²) in [4.78, 5) is 16.2. The molecule has 0 N–H and O–H groups in total. The number of hydrogen-bond donors (Lipinski definition) is 0. The fourth-order valence-electron chi connectivity index (χ4n) is 1.72. The van der Waals surface area contributed by atoms with Crippen LogP contribution in [-0.4, -0.2) is 17.1 Å². The van der Waals surface area contributed by atoms with Crippen LogP contribution in [0.3, 0.4) is 0 Å². The van der Waals surface area contributed by atoms with Crippen molar-refractivity contribution in [3.05, 3.63) is 40.5 Å². The number of halogens is 1. The van der Waals surface area contributed by atoms with Gasteiger partial charge in [-0.2, -0.15) is 0 Å². The molecular formula is C14H14ClNO2. The Morgan fingerprint density at radius 2 is 2.06 bits per heavy atom. The van der Waals surface area contributed by atoms with E-state index in [1.165, 1.54) is 0 Å². The van der Waals surface area contributed by atoms with Gasteiger partial charge in [0.2, 0.25) is 0 Å². The molecule has 1 heterocycles. The first-order chi connectivity index (χ1) is 8.47. The molecule has 0 atom stereocenters. The zero-order chi connectivity index (χ0) is 13.3. The lowest BCUT2D eigenvalue weighted by atomic mass is 10.1. The Morgan fingerprint density at radius 1 is 1.33 bits per heavy atom. The smallest absolute Gasteiger partial charge is 0.338 e. The van der Waals surface area contributed by atoms with Crippen molar-refractivity contribution in [1.29, 1.82) is 0 Å². The van der Waals surface area contributed by atoms with Crippen molar-refractivity contribution in [3.8, 4) is 0 Å². The van der Waals surface area contributed by atoms with Crippen LogP contribution in [0, 0.1) is 6.92 Å². The van der Waals surface area contributed by atoms with Gasteiger partial charge in [-0.3, -0.25) is 4.98 Å². The van der Waals surface area contributed by atoms with Crippen LogP contribution >= 0.6 is 11.6 Å². The molecule has 0 aliphatic carbocycles. The Bertz CT molecular complexity index is 608. The van der Waals surface area contributed by atoms with Crippen molar-refractivity contribution in [2.75, 3.05) is 0 Å². The van der Waals surface area contributed by atoms with E-state index in [1.54, 1.807) is 24.3 Å². The second kappa shape index (κ2) is 4.94. The average molecular weight is 264 g/mol. The lowest BCUT2D eigenvalue weighted by Crippen LogP contribution is -2.11. The zero-order valence-electron chi connectivity index (χ0n) is 10.5. The molecule has 0 spiro atoms. The summed E-state index contributed by atoms with van der Waals surface area (Å²) < 4.78 is 5.15. The number of nitrogens with zero attached hydrogens (tertiary/aromatic N) is 1. The third-order valence-electron chi connectivity index (χ3n) is 2.46. The van der Waals surface area contributed by atoms with Crippen molar-refractivity contribution >= 4 is 28.5 Å². The molecule has 2 rings (SSSR count). The van der Waals surface area contributed by atoms with Crippen molar-refractivity contribution in [1.82, 2.24) is 4.98 Å². The normalized spacial score (nSPS) is 10.9. The van der Waals surface area contributed by atoms with E-state index in [9.17, 15) is 4.79 Å². The molecule has 1 aromatic heterocycles. The Kier molecular flexibility index (Phi) is 3.53. The number of esters is 1. The monoisotopic (exact) mass is 263 g/mol. The molecule has 0 aliphatic rings. The maximum Gasteiger partial charge on any atom is 0.338 e. The van der Waals surface area contributed by atoms with Gasteiger partial charge in [-0.1, -0.05) is 11.6 Å². The predicted octanol–water partition coefficient (Wildman–Crippen LogP) is 3.76. The number of fused-ring (bicyclic) bond motifs is 1. The maximum absolute atomic E-state index is 11.8. The van der Waals surface area contributed by atoms with Gasteiger partial charge in [0.1, 0.15) is 0 Å². The van der Waals surface area contributed by atoms with Crippen LogP contribution in [0.15, 0.2) is 24.3 Å². The molecule has 0 saturated heterocycles. The summed E-state index contributed by atoms with van der Waals surface area (Å²) in [6.07, 6.45) is -0.139. The number of ether oxygens (including phenoxy) is 1. The average Bonchev–Trinajstić information content (AvgIpc) is 2.27. The van der Waals surface area contributed by atoms with Gasteiger partial charge in [0.15, 0.2) is 0 Å². The zero-order valence-corrected chi connectivity index (χ0v) is 11.3. The van der Waals surface area contributed by atoms with Crippen LogP contribution in [0.2, 0.25) is 5.02 Å². The highest BCUT2D eigenvalue weighted by Crippen LogP contribution is 2.24. The van der Waals surface area contributed by atoms with Gasteiger partial charge in [0, 0.05) is 11.1 Å². The number of aromatic nitrogens is 1. The molecule has 18 heavy (non-hydrogen) atoms. The molecule has 0 bridgehead atoms. The minimum absolute atomic E-state index is 0.139. The highest BCUT2D eigenvalue weighted by molar-refractivity contribution is 6.35. The molecule has 0 radical (unpaired) electrons. The van der Waals surface area contributed by atoms with Crippen LogP contribution in [0.1, 0.15) is 29.9 Å². The Hall–Kier alpha value is -1.61.